The second kappa shape index (κ2) is 12.4. The number of rotatable bonds is 12. The van der Waals surface area contributed by atoms with E-state index < -0.39 is 17.7 Å². The quantitative estimate of drug-likeness (QED) is 0.139. The highest BCUT2D eigenvalue weighted by Gasteiger charge is 2.21. The largest absolute Gasteiger partial charge is 0.469 e. The Balaban J connectivity index is 1.65. The van der Waals surface area contributed by atoms with Crippen LogP contribution in [-0.4, -0.2) is 78.0 Å². The highest BCUT2D eigenvalue weighted by atomic mass is 32.2. The van der Waals surface area contributed by atoms with Crippen LogP contribution in [-0.2, 0) is 18.9 Å². The van der Waals surface area contributed by atoms with E-state index in [1.165, 1.54) is 0 Å². The number of hydrogen-bond acceptors (Lipinski definition) is 7. The first-order chi connectivity index (χ1) is 19.3. The van der Waals surface area contributed by atoms with Gasteiger partial charge in [0.1, 0.15) is 5.65 Å². The number of phosphoric acid groups is 1. The Hall–Kier alpha value is -3.12. The predicted molar refractivity (Wildman–Crippen MR) is 159 cm³/mol. The van der Waals surface area contributed by atoms with Crippen LogP contribution in [0.2, 0.25) is 0 Å². The van der Waals surface area contributed by atoms with Gasteiger partial charge in [0.05, 0.1) is 22.8 Å². The summed E-state index contributed by atoms with van der Waals surface area (Å²) in [4.78, 5) is 41.0. The maximum atomic E-state index is 13.4. The lowest BCUT2D eigenvalue weighted by atomic mass is 9.93. The van der Waals surface area contributed by atoms with E-state index in [9.17, 15) is 17.8 Å². The van der Waals surface area contributed by atoms with Crippen LogP contribution in [0.5, 0.6) is 0 Å². The van der Waals surface area contributed by atoms with Crippen LogP contribution >= 0.6 is 7.82 Å². The van der Waals surface area contributed by atoms with E-state index in [-0.39, 0.29) is 23.2 Å². The van der Waals surface area contributed by atoms with Crippen LogP contribution in [0.4, 0.5) is 0 Å². The minimum atomic E-state index is -4.50. The zero-order valence-electron chi connectivity index (χ0n) is 23.5. The number of fused-ring (bicyclic) bond motifs is 3. The maximum absolute atomic E-state index is 13.4. The van der Waals surface area contributed by atoms with Crippen LogP contribution in [0.3, 0.4) is 0 Å². The van der Waals surface area contributed by atoms with Gasteiger partial charge in [-0.05, 0) is 80.4 Å². The molecule has 2 aromatic heterocycles. The molecule has 1 amide bonds. The SMILES string of the molecule is CCS(=O)(=O)c1cccc(-c2cc(C(=O)NCCCN(C)CCOP(=O)(O)O)c(C)c3[nH]c4ncc(C)cc4c23)c1. The van der Waals surface area contributed by atoms with Crippen molar-refractivity contribution in [3.8, 4) is 11.1 Å². The van der Waals surface area contributed by atoms with E-state index in [0.29, 0.717) is 42.8 Å². The number of sulfone groups is 1. The number of aromatic amines is 1. The van der Waals surface area contributed by atoms with Gasteiger partial charge < -0.3 is 25.0 Å². The number of carbonyl (C=O) groups is 1. The summed E-state index contributed by atoms with van der Waals surface area (Å²) in [6, 6.07) is 10.6. The van der Waals surface area contributed by atoms with Gasteiger partial charge in [0.15, 0.2) is 9.84 Å². The fraction of sp³-hybridized carbons (Fsp3) is 0.357. The molecule has 0 aliphatic rings. The number of H-pyrrole nitrogens is 1. The number of carbonyl (C=O) groups excluding carboxylic acids is 1. The molecule has 0 aliphatic heterocycles. The lowest BCUT2D eigenvalue weighted by Gasteiger charge is -2.17. The van der Waals surface area contributed by atoms with E-state index in [4.69, 9.17) is 9.79 Å². The number of nitrogens with zero attached hydrogens (tertiary/aromatic N) is 2. The molecule has 0 saturated heterocycles. The average molecular weight is 603 g/mol. The van der Waals surface area contributed by atoms with E-state index in [1.54, 1.807) is 38.4 Å². The average Bonchev–Trinajstić information content (AvgIpc) is 3.30. The molecule has 220 valence electrons. The number of hydrogen-bond donors (Lipinski definition) is 4. The molecule has 0 spiro atoms. The maximum Gasteiger partial charge on any atom is 0.469 e. The van der Waals surface area contributed by atoms with Crippen LogP contribution in [0, 0.1) is 13.8 Å². The molecule has 0 saturated carbocycles. The van der Waals surface area contributed by atoms with Gasteiger partial charge in [-0.1, -0.05) is 19.1 Å². The Morgan fingerprint density at radius 3 is 2.63 bits per heavy atom. The molecule has 0 radical (unpaired) electrons. The third-order valence-electron chi connectivity index (χ3n) is 6.99. The molecule has 13 heteroatoms. The molecular formula is C28H35N4O7PS. The summed E-state index contributed by atoms with van der Waals surface area (Å²) in [6.45, 7) is 6.63. The van der Waals surface area contributed by atoms with Crippen LogP contribution < -0.4 is 5.32 Å². The molecule has 11 nitrogen and oxygen atoms in total. The fourth-order valence-electron chi connectivity index (χ4n) is 4.76. The first-order valence-electron chi connectivity index (χ1n) is 13.2. The van der Waals surface area contributed by atoms with E-state index in [2.05, 4.69) is 19.8 Å². The molecular weight excluding hydrogens is 567 g/mol. The number of aryl methyl sites for hydroxylation is 2. The number of amides is 1. The van der Waals surface area contributed by atoms with Crippen molar-refractivity contribution >= 4 is 45.5 Å². The third-order valence-corrected chi connectivity index (χ3v) is 9.24. The molecule has 4 rings (SSSR count). The number of likely N-dealkylation sites (N-methyl/N-ethyl adjacent to an activating group) is 1. The first-order valence-corrected chi connectivity index (χ1v) is 16.4. The second-order valence-electron chi connectivity index (χ2n) is 10.0. The van der Waals surface area contributed by atoms with Crippen LogP contribution in [0.15, 0.2) is 47.5 Å². The van der Waals surface area contributed by atoms with E-state index in [0.717, 1.165) is 33.0 Å². The van der Waals surface area contributed by atoms with Gasteiger partial charge in [-0.25, -0.2) is 18.0 Å². The smallest absolute Gasteiger partial charge is 0.352 e. The lowest BCUT2D eigenvalue weighted by Crippen LogP contribution is -2.30. The van der Waals surface area contributed by atoms with Crippen molar-refractivity contribution in [1.82, 2.24) is 20.2 Å². The summed E-state index contributed by atoms with van der Waals surface area (Å²) < 4.78 is 40.6. The van der Waals surface area contributed by atoms with Crippen molar-refractivity contribution < 1.29 is 32.1 Å². The van der Waals surface area contributed by atoms with E-state index in [1.807, 2.05) is 36.9 Å². The third kappa shape index (κ3) is 7.21. The minimum absolute atomic E-state index is 0.0183. The molecule has 0 bridgehead atoms. The van der Waals surface area contributed by atoms with Gasteiger partial charge in [0.2, 0.25) is 0 Å². The number of phosphoric ester groups is 1. The molecule has 2 aromatic carbocycles. The minimum Gasteiger partial charge on any atom is -0.352 e. The van der Waals surface area contributed by atoms with Crippen molar-refractivity contribution in [2.75, 3.05) is 39.0 Å². The summed E-state index contributed by atoms with van der Waals surface area (Å²) in [7, 11) is -6.13. The molecule has 0 aliphatic carbocycles. The Kier molecular flexibility index (Phi) is 9.32. The number of pyridine rings is 1. The van der Waals surface area contributed by atoms with Crippen molar-refractivity contribution in [2.24, 2.45) is 0 Å². The van der Waals surface area contributed by atoms with Crippen LogP contribution in [0.1, 0.15) is 34.8 Å². The second-order valence-corrected chi connectivity index (χ2v) is 13.6. The summed E-state index contributed by atoms with van der Waals surface area (Å²) in [5.74, 6) is -0.284. The summed E-state index contributed by atoms with van der Waals surface area (Å²) >= 11 is 0. The number of nitrogens with one attached hydrogen (secondary N) is 2. The summed E-state index contributed by atoms with van der Waals surface area (Å²) in [5.41, 5.74) is 5.03. The number of aromatic nitrogens is 2. The van der Waals surface area contributed by atoms with Gasteiger partial charge in [-0.3, -0.25) is 9.32 Å². The number of benzene rings is 2. The topological polar surface area (TPSA) is 162 Å². The van der Waals surface area contributed by atoms with Gasteiger partial charge in [-0.15, -0.1) is 0 Å². The lowest BCUT2D eigenvalue weighted by molar-refractivity contribution is 0.0950. The van der Waals surface area contributed by atoms with Gasteiger partial charge in [0, 0.05) is 35.6 Å². The van der Waals surface area contributed by atoms with Crippen LogP contribution in [0.25, 0.3) is 33.1 Å². The Morgan fingerprint density at radius 1 is 1.17 bits per heavy atom. The molecule has 41 heavy (non-hydrogen) atoms. The zero-order chi connectivity index (χ0) is 29.9. The zero-order valence-corrected chi connectivity index (χ0v) is 25.2. The normalized spacial score (nSPS) is 12.5. The predicted octanol–water partition coefficient (Wildman–Crippen LogP) is 3.95. The molecule has 0 fully saturated rings. The summed E-state index contributed by atoms with van der Waals surface area (Å²) in [6.07, 6.45) is 2.38. The Morgan fingerprint density at radius 2 is 1.93 bits per heavy atom. The molecule has 4 aromatic rings. The van der Waals surface area contributed by atoms with Gasteiger partial charge in [-0.2, -0.15) is 0 Å². The Labute approximate surface area is 239 Å². The molecule has 4 N–H and O–H groups in total. The molecule has 2 heterocycles. The van der Waals surface area contributed by atoms with Crippen molar-refractivity contribution in [3.05, 3.63) is 59.3 Å². The molecule has 0 atom stereocenters. The van der Waals surface area contributed by atoms with Crippen molar-refractivity contribution in [1.29, 1.82) is 0 Å². The monoisotopic (exact) mass is 602 g/mol. The highest BCUT2D eigenvalue weighted by molar-refractivity contribution is 7.91. The van der Waals surface area contributed by atoms with Gasteiger partial charge in [0.25, 0.3) is 5.91 Å². The highest BCUT2D eigenvalue weighted by Crippen LogP contribution is 2.38. The molecule has 0 unspecified atom stereocenters. The standard InChI is InChI=1S/C28H35N4O7PS/c1-5-41(37,38)21-9-6-8-20(15-21)23-16-22(19(3)26-25(23)24-14-18(2)17-30-27(24)31-26)28(33)29-10-7-11-32(4)12-13-39-40(34,35)36/h6,8-9,14-17H,5,7,10-13H2,1-4H3,(H,29,33)(H,30,31)(H2,34,35,36). The van der Waals surface area contributed by atoms with Crippen molar-refractivity contribution in [2.45, 2.75) is 32.1 Å². The van der Waals surface area contributed by atoms with Gasteiger partial charge >= 0.3 is 7.82 Å². The fourth-order valence-corrected chi connectivity index (χ4v) is 6.00. The van der Waals surface area contributed by atoms with Crippen molar-refractivity contribution in [3.63, 3.8) is 0 Å². The Bertz CT molecular complexity index is 1750. The van der Waals surface area contributed by atoms with E-state index >= 15 is 0 Å². The first kappa shape index (κ1) is 30.8. The summed E-state index contributed by atoms with van der Waals surface area (Å²) in [5, 5.41) is 4.72.